The van der Waals surface area contributed by atoms with E-state index in [9.17, 15) is 18.0 Å². The van der Waals surface area contributed by atoms with Crippen LogP contribution in [0.25, 0.3) is 0 Å². The molecule has 1 unspecified atom stereocenters. The summed E-state index contributed by atoms with van der Waals surface area (Å²) >= 11 is 0. The van der Waals surface area contributed by atoms with Crippen LogP contribution in [-0.2, 0) is 26.9 Å². The van der Waals surface area contributed by atoms with Gasteiger partial charge in [0.25, 0.3) is 5.91 Å². The zero-order valence-corrected chi connectivity index (χ0v) is 18.8. The van der Waals surface area contributed by atoms with Gasteiger partial charge in [0.2, 0.25) is 5.91 Å². The zero-order chi connectivity index (χ0) is 23.1. The Labute approximate surface area is 187 Å². The summed E-state index contributed by atoms with van der Waals surface area (Å²) in [6.07, 6.45) is 2.04. The number of sulfone groups is 1. The number of furan rings is 1. The lowest BCUT2D eigenvalue weighted by molar-refractivity contribution is -0.119. The number of hydrogen-bond donors (Lipinski definition) is 2. The first kappa shape index (κ1) is 23.3. The Hall–Kier alpha value is -3.39. The fraction of sp³-hybridized carbons (Fsp3) is 0.250. The lowest BCUT2D eigenvalue weighted by atomic mass is 10.1. The molecule has 0 bridgehead atoms. The molecule has 7 nitrogen and oxygen atoms in total. The van der Waals surface area contributed by atoms with Crippen LogP contribution in [0.1, 0.15) is 41.9 Å². The van der Waals surface area contributed by atoms with Crippen LogP contribution in [0.15, 0.2) is 76.2 Å². The Morgan fingerprint density at radius 3 is 2.50 bits per heavy atom. The van der Waals surface area contributed by atoms with E-state index in [1.165, 1.54) is 24.5 Å². The number of amides is 2. The lowest BCUT2D eigenvalue weighted by Crippen LogP contribution is -2.24. The van der Waals surface area contributed by atoms with Gasteiger partial charge in [0.15, 0.2) is 15.6 Å². The summed E-state index contributed by atoms with van der Waals surface area (Å²) in [7, 11) is -3.61. The largest absolute Gasteiger partial charge is 0.459 e. The normalized spacial score (nSPS) is 12.2. The van der Waals surface area contributed by atoms with Gasteiger partial charge in [-0.1, -0.05) is 44.2 Å². The summed E-state index contributed by atoms with van der Waals surface area (Å²) in [5.74, 6) is -1.04. The van der Waals surface area contributed by atoms with Gasteiger partial charge in [-0.3, -0.25) is 9.59 Å². The summed E-state index contributed by atoms with van der Waals surface area (Å²) in [6, 6.07) is 16.7. The van der Waals surface area contributed by atoms with E-state index in [1.807, 2.05) is 19.9 Å². The highest BCUT2D eigenvalue weighted by molar-refractivity contribution is 7.90. The molecule has 8 heteroatoms. The summed E-state index contributed by atoms with van der Waals surface area (Å²) in [4.78, 5) is 24.9. The van der Waals surface area contributed by atoms with Crippen LogP contribution in [0.5, 0.6) is 0 Å². The van der Waals surface area contributed by atoms with Crippen LogP contribution in [0.3, 0.4) is 0 Å². The van der Waals surface area contributed by atoms with Crippen molar-refractivity contribution in [3.05, 3.63) is 83.8 Å². The van der Waals surface area contributed by atoms with Gasteiger partial charge in [0.1, 0.15) is 0 Å². The molecule has 2 aromatic carbocycles. The first-order valence-corrected chi connectivity index (χ1v) is 12.0. The Balaban J connectivity index is 1.65. The van der Waals surface area contributed by atoms with Gasteiger partial charge < -0.3 is 15.1 Å². The highest BCUT2D eigenvalue weighted by Crippen LogP contribution is 2.20. The quantitative estimate of drug-likeness (QED) is 0.505. The zero-order valence-electron chi connectivity index (χ0n) is 18.0. The van der Waals surface area contributed by atoms with Gasteiger partial charge in [0.05, 0.1) is 16.9 Å². The molecule has 1 aromatic heterocycles. The van der Waals surface area contributed by atoms with E-state index in [-0.39, 0.29) is 34.8 Å². The second-order valence-electron chi connectivity index (χ2n) is 7.53. The maximum absolute atomic E-state index is 12.6. The molecule has 0 aliphatic carbocycles. The molecule has 0 saturated heterocycles. The minimum Gasteiger partial charge on any atom is -0.459 e. The SMILES string of the molecule is CCC(C)C(=O)Nc1cccc(CNC(=O)c2occc2CS(=O)(=O)c2ccccc2)c1. The third-order valence-corrected chi connectivity index (χ3v) is 6.79. The molecule has 2 N–H and O–H groups in total. The van der Waals surface area contributed by atoms with Crippen LogP contribution in [-0.4, -0.2) is 20.2 Å². The predicted octanol–water partition coefficient (Wildman–Crippen LogP) is 4.17. The van der Waals surface area contributed by atoms with E-state index in [0.717, 1.165) is 12.0 Å². The van der Waals surface area contributed by atoms with Gasteiger partial charge in [-0.05, 0) is 42.3 Å². The first-order chi connectivity index (χ1) is 15.3. The van der Waals surface area contributed by atoms with E-state index in [0.29, 0.717) is 11.3 Å². The van der Waals surface area contributed by atoms with Crippen molar-refractivity contribution >= 4 is 27.3 Å². The average Bonchev–Trinajstić information content (AvgIpc) is 3.25. The highest BCUT2D eigenvalue weighted by atomic mass is 32.2. The molecule has 0 aliphatic heterocycles. The molecule has 2 amide bonds. The molecule has 1 heterocycles. The Kier molecular flexibility index (Phi) is 7.48. The van der Waals surface area contributed by atoms with Gasteiger partial charge in [-0.15, -0.1) is 0 Å². The second kappa shape index (κ2) is 10.3. The molecule has 0 radical (unpaired) electrons. The van der Waals surface area contributed by atoms with Crippen LogP contribution < -0.4 is 10.6 Å². The van der Waals surface area contributed by atoms with Crippen molar-refractivity contribution in [2.75, 3.05) is 5.32 Å². The monoisotopic (exact) mass is 454 g/mol. The van der Waals surface area contributed by atoms with Crippen LogP contribution >= 0.6 is 0 Å². The van der Waals surface area contributed by atoms with Gasteiger partial charge >= 0.3 is 0 Å². The van der Waals surface area contributed by atoms with Crippen LogP contribution in [0.4, 0.5) is 5.69 Å². The molecule has 3 aromatic rings. The van der Waals surface area contributed by atoms with Gasteiger partial charge in [-0.25, -0.2) is 8.42 Å². The summed E-state index contributed by atoms with van der Waals surface area (Å²) in [5.41, 5.74) is 1.72. The van der Waals surface area contributed by atoms with Crippen molar-refractivity contribution in [3.8, 4) is 0 Å². The minimum atomic E-state index is -3.61. The smallest absolute Gasteiger partial charge is 0.287 e. The van der Waals surface area contributed by atoms with Crippen molar-refractivity contribution in [3.63, 3.8) is 0 Å². The molecular formula is C24H26N2O5S. The summed E-state index contributed by atoms with van der Waals surface area (Å²) in [6.45, 7) is 4.00. The fourth-order valence-corrected chi connectivity index (χ4v) is 4.41. The Bertz CT molecular complexity index is 1190. The molecule has 0 aliphatic rings. The number of benzene rings is 2. The summed E-state index contributed by atoms with van der Waals surface area (Å²) < 4.78 is 30.6. The third-order valence-electron chi connectivity index (χ3n) is 5.11. The van der Waals surface area contributed by atoms with E-state index < -0.39 is 15.7 Å². The number of carbonyl (C=O) groups excluding carboxylic acids is 2. The van der Waals surface area contributed by atoms with Gasteiger partial charge in [0, 0.05) is 23.7 Å². The fourth-order valence-electron chi connectivity index (χ4n) is 3.04. The van der Waals surface area contributed by atoms with Crippen molar-refractivity contribution < 1.29 is 22.4 Å². The van der Waals surface area contributed by atoms with Crippen molar-refractivity contribution in [2.45, 2.75) is 37.5 Å². The van der Waals surface area contributed by atoms with Crippen molar-refractivity contribution in [1.82, 2.24) is 5.32 Å². The molecule has 0 spiro atoms. The third kappa shape index (κ3) is 5.85. The topological polar surface area (TPSA) is 105 Å². The Morgan fingerprint density at radius 2 is 1.78 bits per heavy atom. The maximum atomic E-state index is 12.6. The van der Waals surface area contributed by atoms with Gasteiger partial charge in [-0.2, -0.15) is 0 Å². The number of carbonyl (C=O) groups is 2. The van der Waals surface area contributed by atoms with Crippen LogP contribution in [0.2, 0.25) is 0 Å². The molecule has 168 valence electrons. The second-order valence-corrected chi connectivity index (χ2v) is 9.52. The lowest BCUT2D eigenvalue weighted by Gasteiger charge is -2.11. The predicted molar refractivity (Wildman–Crippen MR) is 122 cm³/mol. The van der Waals surface area contributed by atoms with E-state index in [2.05, 4.69) is 10.6 Å². The summed E-state index contributed by atoms with van der Waals surface area (Å²) in [5, 5.41) is 5.60. The molecule has 0 fully saturated rings. The number of rotatable bonds is 9. The molecule has 3 rings (SSSR count). The molecule has 1 atom stereocenters. The average molecular weight is 455 g/mol. The van der Waals surface area contributed by atoms with E-state index >= 15 is 0 Å². The number of nitrogens with one attached hydrogen (secondary N) is 2. The van der Waals surface area contributed by atoms with Crippen molar-refractivity contribution in [2.24, 2.45) is 5.92 Å². The molecule has 32 heavy (non-hydrogen) atoms. The first-order valence-electron chi connectivity index (χ1n) is 10.3. The van der Waals surface area contributed by atoms with Crippen LogP contribution in [0, 0.1) is 5.92 Å². The number of hydrogen-bond acceptors (Lipinski definition) is 5. The van der Waals surface area contributed by atoms with E-state index in [4.69, 9.17) is 4.42 Å². The Morgan fingerprint density at radius 1 is 1.03 bits per heavy atom. The minimum absolute atomic E-state index is 0.0364. The highest BCUT2D eigenvalue weighted by Gasteiger charge is 2.22. The molecular weight excluding hydrogens is 428 g/mol. The van der Waals surface area contributed by atoms with E-state index in [1.54, 1.807) is 36.4 Å². The maximum Gasteiger partial charge on any atom is 0.287 e. The van der Waals surface area contributed by atoms with Crippen molar-refractivity contribution in [1.29, 1.82) is 0 Å². The standard InChI is InChI=1S/C24H26N2O5S/c1-3-17(2)23(27)26-20-9-7-8-18(14-20)15-25-24(28)22-19(12-13-31-22)16-32(29,30)21-10-5-4-6-11-21/h4-14,17H,3,15-16H2,1-2H3,(H,25,28)(H,26,27). The molecule has 0 saturated carbocycles. The number of anilines is 1.